The molecule has 0 aliphatic carbocycles. The minimum absolute atomic E-state index is 0.0629. The van der Waals surface area contributed by atoms with E-state index in [9.17, 15) is 14.7 Å². The highest BCUT2D eigenvalue weighted by molar-refractivity contribution is 8.00. The molecule has 21 heavy (non-hydrogen) atoms. The Labute approximate surface area is 129 Å². The molecule has 2 N–H and O–H groups in total. The van der Waals surface area contributed by atoms with Crippen LogP contribution < -0.4 is 5.32 Å². The SMILES string of the molecule is CCN(CC(=O)NC(C)C)C(=O)CSc1cccc(O)c1. The van der Waals surface area contributed by atoms with Gasteiger partial charge in [0.05, 0.1) is 12.3 Å². The average molecular weight is 310 g/mol. The normalized spacial score (nSPS) is 10.5. The van der Waals surface area contributed by atoms with E-state index >= 15 is 0 Å². The number of benzene rings is 1. The van der Waals surface area contributed by atoms with Gasteiger partial charge in [0.2, 0.25) is 11.8 Å². The molecule has 0 fully saturated rings. The zero-order valence-electron chi connectivity index (χ0n) is 12.6. The molecule has 0 aliphatic heterocycles. The summed E-state index contributed by atoms with van der Waals surface area (Å²) in [4.78, 5) is 26.2. The van der Waals surface area contributed by atoms with Crippen molar-refractivity contribution in [3.8, 4) is 5.75 Å². The number of amides is 2. The molecule has 1 aromatic carbocycles. The lowest BCUT2D eigenvalue weighted by Crippen LogP contribution is -2.43. The number of carbonyl (C=O) groups is 2. The van der Waals surface area contributed by atoms with Crippen LogP contribution in [0.15, 0.2) is 29.2 Å². The van der Waals surface area contributed by atoms with E-state index in [1.807, 2.05) is 26.8 Å². The summed E-state index contributed by atoms with van der Waals surface area (Å²) in [5.41, 5.74) is 0. The molecule has 116 valence electrons. The smallest absolute Gasteiger partial charge is 0.239 e. The lowest BCUT2D eigenvalue weighted by atomic mass is 10.3. The van der Waals surface area contributed by atoms with Crippen molar-refractivity contribution >= 4 is 23.6 Å². The molecule has 0 radical (unpaired) electrons. The van der Waals surface area contributed by atoms with Crippen LogP contribution >= 0.6 is 11.8 Å². The Bertz CT molecular complexity index is 492. The molecule has 0 aromatic heterocycles. The molecular weight excluding hydrogens is 288 g/mol. The van der Waals surface area contributed by atoms with Gasteiger partial charge in [0.15, 0.2) is 0 Å². The monoisotopic (exact) mass is 310 g/mol. The first kappa shape index (κ1) is 17.4. The van der Waals surface area contributed by atoms with Crippen LogP contribution in [0.4, 0.5) is 0 Å². The molecule has 5 nitrogen and oxygen atoms in total. The summed E-state index contributed by atoms with van der Waals surface area (Å²) >= 11 is 1.34. The van der Waals surface area contributed by atoms with E-state index in [-0.39, 0.29) is 35.9 Å². The van der Waals surface area contributed by atoms with Crippen LogP contribution in [-0.2, 0) is 9.59 Å². The average Bonchev–Trinajstić information content (AvgIpc) is 2.41. The lowest BCUT2D eigenvalue weighted by Gasteiger charge is -2.21. The second-order valence-electron chi connectivity index (χ2n) is 4.92. The minimum Gasteiger partial charge on any atom is -0.508 e. The van der Waals surface area contributed by atoms with Gasteiger partial charge in [-0.05, 0) is 39.0 Å². The van der Waals surface area contributed by atoms with Gasteiger partial charge in [0.1, 0.15) is 5.75 Å². The number of rotatable bonds is 7. The van der Waals surface area contributed by atoms with Gasteiger partial charge in [-0.2, -0.15) is 0 Å². The van der Waals surface area contributed by atoms with Crippen molar-refractivity contribution in [2.75, 3.05) is 18.8 Å². The number of phenolic OH excluding ortho intramolecular Hbond substituents is 1. The Morgan fingerprint density at radius 1 is 1.38 bits per heavy atom. The van der Waals surface area contributed by atoms with Crippen LogP contribution in [-0.4, -0.2) is 46.7 Å². The predicted molar refractivity (Wildman–Crippen MR) is 84.4 cm³/mol. The quantitative estimate of drug-likeness (QED) is 0.754. The van der Waals surface area contributed by atoms with Gasteiger partial charge < -0.3 is 15.3 Å². The van der Waals surface area contributed by atoms with Crippen LogP contribution in [0.25, 0.3) is 0 Å². The number of nitrogens with zero attached hydrogens (tertiary/aromatic N) is 1. The van der Waals surface area contributed by atoms with E-state index in [2.05, 4.69) is 5.32 Å². The van der Waals surface area contributed by atoms with Crippen molar-refractivity contribution in [2.24, 2.45) is 0 Å². The number of nitrogens with one attached hydrogen (secondary N) is 1. The summed E-state index contributed by atoms with van der Waals surface area (Å²) in [6, 6.07) is 6.82. The maximum atomic E-state index is 12.1. The summed E-state index contributed by atoms with van der Waals surface area (Å²) in [5, 5.41) is 12.1. The minimum atomic E-state index is -0.150. The molecule has 0 saturated heterocycles. The van der Waals surface area contributed by atoms with E-state index in [1.54, 1.807) is 18.2 Å². The molecule has 0 heterocycles. The number of aromatic hydroxyl groups is 1. The molecule has 0 saturated carbocycles. The highest BCUT2D eigenvalue weighted by atomic mass is 32.2. The first-order valence-electron chi connectivity index (χ1n) is 6.91. The molecule has 0 spiro atoms. The summed E-state index contributed by atoms with van der Waals surface area (Å²) < 4.78 is 0. The fourth-order valence-corrected chi connectivity index (χ4v) is 2.58. The topological polar surface area (TPSA) is 69.6 Å². The van der Waals surface area contributed by atoms with Crippen LogP contribution in [0.2, 0.25) is 0 Å². The molecule has 1 rings (SSSR count). The Balaban J connectivity index is 2.49. The van der Waals surface area contributed by atoms with E-state index in [0.717, 1.165) is 4.90 Å². The first-order valence-corrected chi connectivity index (χ1v) is 7.90. The van der Waals surface area contributed by atoms with Crippen molar-refractivity contribution in [1.82, 2.24) is 10.2 Å². The van der Waals surface area contributed by atoms with Gasteiger partial charge in [-0.15, -0.1) is 11.8 Å². The second-order valence-corrected chi connectivity index (χ2v) is 5.96. The van der Waals surface area contributed by atoms with E-state index in [0.29, 0.717) is 6.54 Å². The Morgan fingerprint density at radius 3 is 2.67 bits per heavy atom. The predicted octanol–water partition coefficient (Wildman–Crippen LogP) is 1.86. The summed E-state index contributed by atoms with van der Waals surface area (Å²) in [7, 11) is 0. The Kier molecular flexibility index (Phi) is 7.08. The van der Waals surface area contributed by atoms with Gasteiger partial charge in [0, 0.05) is 17.5 Å². The summed E-state index contributed by atoms with van der Waals surface area (Å²) in [6.45, 7) is 6.18. The van der Waals surface area contributed by atoms with Crippen molar-refractivity contribution in [3.05, 3.63) is 24.3 Å². The van der Waals surface area contributed by atoms with Crippen molar-refractivity contribution in [3.63, 3.8) is 0 Å². The second kappa shape index (κ2) is 8.56. The van der Waals surface area contributed by atoms with Gasteiger partial charge in [-0.25, -0.2) is 0 Å². The maximum absolute atomic E-state index is 12.1. The number of hydrogen-bond donors (Lipinski definition) is 2. The number of carbonyl (C=O) groups excluding carboxylic acids is 2. The Hall–Kier alpha value is -1.69. The van der Waals surface area contributed by atoms with E-state index < -0.39 is 0 Å². The van der Waals surface area contributed by atoms with Gasteiger partial charge in [-0.3, -0.25) is 9.59 Å². The van der Waals surface area contributed by atoms with E-state index in [4.69, 9.17) is 0 Å². The van der Waals surface area contributed by atoms with Crippen molar-refractivity contribution in [1.29, 1.82) is 0 Å². The molecule has 6 heteroatoms. The standard InChI is InChI=1S/C15H22N2O3S/c1-4-17(9-14(19)16-11(2)3)15(20)10-21-13-7-5-6-12(18)8-13/h5-8,11,18H,4,9-10H2,1-3H3,(H,16,19). The molecule has 1 aromatic rings. The number of hydrogen-bond acceptors (Lipinski definition) is 4. The fraction of sp³-hybridized carbons (Fsp3) is 0.467. The molecule has 0 unspecified atom stereocenters. The third-order valence-corrected chi connectivity index (χ3v) is 3.68. The summed E-state index contributed by atoms with van der Waals surface area (Å²) in [6.07, 6.45) is 0. The van der Waals surface area contributed by atoms with Crippen molar-refractivity contribution in [2.45, 2.75) is 31.7 Å². The van der Waals surface area contributed by atoms with Crippen LogP contribution in [0.3, 0.4) is 0 Å². The highest BCUT2D eigenvalue weighted by Gasteiger charge is 2.16. The van der Waals surface area contributed by atoms with Crippen molar-refractivity contribution < 1.29 is 14.7 Å². The number of likely N-dealkylation sites (N-methyl/N-ethyl adjacent to an activating group) is 1. The summed E-state index contributed by atoms with van der Waals surface area (Å²) in [5.74, 6) is 0.176. The highest BCUT2D eigenvalue weighted by Crippen LogP contribution is 2.22. The zero-order valence-corrected chi connectivity index (χ0v) is 13.4. The third-order valence-electron chi connectivity index (χ3n) is 2.70. The zero-order chi connectivity index (χ0) is 15.8. The van der Waals surface area contributed by atoms with Gasteiger partial charge in [0.25, 0.3) is 0 Å². The van der Waals surface area contributed by atoms with Crippen LogP contribution in [0.1, 0.15) is 20.8 Å². The molecular formula is C15H22N2O3S. The molecule has 2 amide bonds. The largest absolute Gasteiger partial charge is 0.508 e. The molecule has 0 bridgehead atoms. The maximum Gasteiger partial charge on any atom is 0.239 e. The third kappa shape index (κ3) is 6.53. The first-order chi connectivity index (χ1) is 9.92. The van der Waals surface area contributed by atoms with Crippen LogP contribution in [0, 0.1) is 0 Å². The molecule has 0 atom stereocenters. The fourth-order valence-electron chi connectivity index (χ4n) is 1.73. The number of phenols is 1. The van der Waals surface area contributed by atoms with Crippen LogP contribution in [0.5, 0.6) is 5.75 Å². The van der Waals surface area contributed by atoms with Gasteiger partial charge >= 0.3 is 0 Å². The molecule has 0 aliphatic rings. The lowest BCUT2D eigenvalue weighted by molar-refractivity contribution is -0.134. The van der Waals surface area contributed by atoms with E-state index in [1.165, 1.54) is 16.7 Å². The van der Waals surface area contributed by atoms with Gasteiger partial charge in [-0.1, -0.05) is 6.07 Å². The Morgan fingerprint density at radius 2 is 2.10 bits per heavy atom. The number of thioether (sulfide) groups is 1.